The number of carbonyl (C=O) groups excluding carboxylic acids is 2. The highest BCUT2D eigenvalue weighted by molar-refractivity contribution is 6.33. The first-order valence-corrected chi connectivity index (χ1v) is 17.2. The molecule has 3 aromatic heterocycles. The number of ether oxygens (including phenoxy) is 1. The first-order chi connectivity index (χ1) is 24.3. The molecule has 12 nitrogen and oxygen atoms in total. The average Bonchev–Trinajstić information content (AvgIpc) is 3.74. The molecule has 16 heteroatoms. The molecule has 266 valence electrons. The molecule has 4 aromatic rings. The van der Waals surface area contributed by atoms with Crippen molar-refractivity contribution in [1.82, 2.24) is 29.0 Å². The van der Waals surface area contributed by atoms with Crippen LogP contribution < -0.4 is 10.9 Å². The second kappa shape index (κ2) is 12.2. The van der Waals surface area contributed by atoms with E-state index in [4.69, 9.17) is 21.3 Å². The molecule has 2 bridgehead atoms. The van der Waals surface area contributed by atoms with Gasteiger partial charge in [0.05, 0.1) is 29.5 Å². The highest BCUT2D eigenvalue weighted by Gasteiger charge is 2.56. The van der Waals surface area contributed by atoms with Crippen LogP contribution in [0.15, 0.2) is 47.4 Å². The molecule has 2 amide bonds. The smallest absolute Gasteiger partial charge is 0.416 e. The van der Waals surface area contributed by atoms with Crippen LogP contribution >= 0.6 is 11.6 Å². The van der Waals surface area contributed by atoms with E-state index >= 15 is 0 Å². The predicted octanol–water partition coefficient (Wildman–Crippen LogP) is 5.32. The van der Waals surface area contributed by atoms with Crippen LogP contribution in [0.25, 0.3) is 11.4 Å². The number of amides is 2. The second-order valence-electron chi connectivity index (χ2n) is 13.9. The van der Waals surface area contributed by atoms with E-state index in [9.17, 15) is 32.7 Å². The third-order valence-electron chi connectivity index (χ3n) is 10.7. The van der Waals surface area contributed by atoms with E-state index in [1.807, 2.05) is 13.0 Å². The Hall–Kier alpha value is -4.76. The predicted molar refractivity (Wildman–Crippen MR) is 179 cm³/mol. The van der Waals surface area contributed by atoms with Gasteiger partial charge in [0, 0.05) is 35.0 Å². The molecule has 0 radical (unpaired) electrons. The lowest BCUT2D eigenvalue weighted by molar-refractivity contribution is -0.137. The number of anilines is 1. The fourth-order valence-electron chi connectivity index (χ4n) is 8.75. The van der Waals surface area contributed by atoms with Gasteiger partial charge < -0.3 is 24.6 Å². The average molecular weight is 724 g/mol. The lowest BCUT2D eigenvalue weighted by atomic mass is 9.70. The number of nitrogens with one attached hydrogen (secondary N) is 1. The number of aromatic hydroxyl groups is 1. The zero-order chi connectivity index (χ0) is 35.8. The molecule has 2 fully saturated rings. The van der Waals surface area contributed by atoms with E-state index in [1.54, 1.807) is 15.5 Å². The molecule has 2 saturated heterocycles. The first kappa shape index (κ1) is 33.4. The van der Waals surface area contributed by atoms with Crippen molar-refractivity contribution in [2.45, 2.75) is 81.6 Å². The molecular formula is C35H33ClF3N7O5. The Bertz CT molecular complexity index is 2180. The Labute approximate surface area is 293 Å². The third kappa shape index (κ3) is 5.57. The number of alkyl halides is 3. The Morgan fingerprint density at radius 1 is 1.16 bits per heavy atom. The molecule has 4 atom stereocenters. The minimum atomic E-state index is -4.60. The van der Waals surface area contributed by atoms with Crippen LogP contribution in [0, 0.1) is 0 Å². The summed E-state index contributed by atoms with van der Waals surface area (Å²) in [4.78, 5) is 52.7. The van der Waals surface area contributed by atoms with Crippen LogP contribution in [-0.2, 0) is 27.7 Å². The van der Waals surface area contributed by atoms with Gasteiger partial charge in [0.1, 0.15) is 12.3 Å². The van der Waals surface area contributed by atoms with Crippen molar-refractivity contribution in [3.05, 3.63) is 86.3 Å². The van der Waals surface area contributed by atoms with Gasteiger partial charge in [-0.25, -0.2) is 4.98 Å². The molecule has 0 saturated carbocycles. The quantitative estimate of drug-likeness (QED) is 0.282. The Morgan fingerprint density at radius 3 is 2.59 bits per heavy atom. The summed E-state index contributed by atoms with van der Waals surface area (Å²) in [6.07, 6.45) is 2.30. The summed E-state index contributed by atoms with van der Waals surface area (Å²) < 4.78 is 48.1. The number of pyridine rings is 1. The number of piperidine rings is 1. The summed E-state index contributed by atoms with van der Waals surface area (Å²) in [5, 5.41) is 17.4. The number of nitrogens with zero attached hydrogens (tertiary/aromatic N) is 6. The normalized spacial score (nSPS) is 24.2. The summed E-state index contributed by atoms with van der Waals surface area (Å²) in [5.74, 6) is -0.799. The van der Waals surface area contributed by atoms with Crippen molar-refractivity contribution in [2.24, 2.45) is 0 Å². The lowest BCUT2D eigenvalue weighted by Gasteiger charge is -2.45. The van der Waals surface area contributed by atoms with Crippen molar-refractivity contribution < 1.29 is 32.6 Å². The summed E-state index contributed by atoms with van der Waals surface area (Å²) in [7, 11) is 0. The van der Waals surface area contributed by atoms with E-state index in [1.165, 1.54) is 16.8 Å². The van der Waals surface area contributed by atoms with Gasteiger partial charge in [0.25, 0.3) is 11.5 Å². The molecule has 2 unspecified atom stereocenters. The van der Waals surface area contributed by atoms with Crippen LogP contribution in [0.2, 0.25) is 5.02 Å². The molecule has 3 aliphatic heterocycles. The van der Waals surface area contributed by atoms with Gasteiger partial charge in [-0.3, -0.25) is 14.4 Å². The number of fused-ring (bicyclic) bond motifs is 5. The van der Waals surface area contributed by atoms with Crippen LogP contribution in [0.1, 0.15) is 84.5 Å². The summed E-state index contributed by atoms with van der Waals surface area (Å²) in [6, 6.07) is 5.28. The third-order valence-corrected chi connectivity index (χ3v) is 11.0. The van der Waals surface area contributed by atoms with Crippen LogP contribution in [0.3, 0.4) is 0 Å². The van der Waals surface area contributed by atoms with Gasteiger partial charge in [-0.2, -0.15) is 22.7 Å². The minimum Gasteiger partial charge on any atom is -0.505 e. The number of carbonyl (C=O) groups is 2. The fourth-order valence-corrected chi connectivity index (χ4v) is 8.98. The van der Waals surface area contributed by atoms with Crippen molar-refractivity contribution in [1.29, 1.82) is 0 Å². The topological polar surface area (TPSA) is 144 Å². The van der Waals surface area contributed by atoms with Gasteiger partial charge in [-0.1, -0.05) is 24.6 Å². The summed E-state index contributed by atoms with van der Waals surface area (Å²) in [5.41, 5.74) is 0.0750. The highest BCUT2D eigenvalue weighted by atomic mass is 35.5. The van der Waals surface area contributed by atoms with E-state index in [0.717, 1.165) is 36.6 Å². The number of hydrogen-bond acceptors (Lipinski definition) is 8. The zero-order valence-electron chi connectivity index (χ0n) is 27.4. The molecule has 6 heterocycles. The molecule has 51 heavy (non-hydrogen) atoms. The van der Waals surface area contributed by atoms with Crippen LogP contribution in [-0.4, -0.2) is 71.3 Å². The van der Waals surface area contributed by atoms with Gasteiger partial charge in [-0.15, -0.1) is 5.10 Å². The van der Waals surface area contributed by atoms with Crippen LogP contribution in [0.4, 0.5) is 18.9 Å². The maximum absolute atomic E-state index is 14.6. The van der Waals surface area contributed by atoms with Gasteiger partial charge >= 0.3 is 6.18 Å². The molecule has 8 rings (SSSR count). The minimum absolute atomic E-state index is 0.00803. The second-order valence-corrected chi connectivity index (χ2v) is 14.3. The van der Waals surface area contributed by atoms with Gasteiger partial charge in [-0.05, 0) is 80.3 Å². The number of halogens is 4. The molecule has 4 aliphatic rings. The van der Waals surface area contributed by atoms with Crippen molar-refractivity contribution >= 4 is 40.5 Å². The monoisotopic (exact) mass is 723 g/mol. The summed E-state index contributed by atoms with van der Waals surface area (Å²) in [6.45, 7) is 2.51. The Morgan fingerprint density at radius 2 is 1.92 bits per heavy atom. The lowest BCUT2D eigenvalue weighted by Crippen LogP contribution is -2.52. The van der Waals surface area contributed by atoms with Crippen LogP contribution in [0.5, 0.6) is 5.75 Å². The Kier molecular flexibility index (Phi) is 7.98. The van der Waals surface area contributed by atoms with Crippen molar-refractivity contribution in [3.8, 4) is 5.75 Å². The van der Waals surface area contributed by atoms with Crippen molar-refractivity contribution in [2.75, 3.05) is 18.5 Å². The van der Waals surface area contributed by atoms with E-state index < -0.39 is 23.1 Å². The van der Waals surface area contributed by atoms with Gasteiger partial charge in [0.2, 0.25) is 11.7 Å². The molecular weight excluding hydrogens is 691 g/mol. The summed E-state index contributed by atoms with van der Waals surface area (Å²) >= 11 is 6.17. The zero-order valence-corrected chi connectivity index (χ0v) is 28.2. The highest BCUT2D eigenvalue weighted by Crippen LogP contribution is 2.56. The Balaban J connectivity index is 1.20. The van der Waals surface area contributed by atoms with Gasteiger partial charge in [0.15, 0.2) is 11.5 Å². The largest absolute Gasteiger partial charge is 0.505 e. The molecule has 1 aromatic carbocycles. The van der Waals surface area contributed by atoms with E-state index in [0.29, 0.717) is 56.0 Å². The first-order valence-electron chi connectivity index (χ1n) is 16.8. The molecule has 1 aliphatic carbocycles. The van der Waals surface area contributed by atoms with E-state index in [2.05, 4.69) is 15.4 Å². The van der Waals surface area contributed by atoms with Crippen molar-refractivity contribution in [3.63, 3.8) is 0 Å². The maximum Gasteiger partial charge on any atom is 0.416 e. The number of benzene rings is 1. The standard InChI is InChI=1S/C35H33ClF3N7O5/c1-18-14-34(15-21-5-6-22(16-34)45(21)32(50)28-25(47)3-2-10-40-28)27-29(18)44(17-26(48)41-24-7-4-20(13-23(24)36)35(37,38)39)33-42-30(43-46(33)31(27)49)19-8-11-51-12-9-19/h2-4,7-8,10,13,18,21-22,47H,5-6,9,11-12,14-17H2,1H3,(H,41,48)/t18?,21-,22+,34?. The number of aromatic nitrogens is 5. The van der Waals surface area contributed by atoms with E-state index in [-0.39, 0.29) is 63.9 Å². The fraction of sp³-hybridized carbons (Fsp3) is 0.429. The maximum atomic E-state index is 14.6. The molecule has 2 N–H and O–H groups in total. The molecule has 1 spiro atoms. The number of rotatable bonds is 5. The SMILES string of the molecule is CC1CC2(C[C@H]3CC[C@@H](C2)N3C(=O)c2ncccc2O)c2c1n(CC(=O)Nc1ccc(C(F)(F)F)cc1Cl)c1nc(C3=CCOCC3)nn1c2=O. The number of hydrogen-bond donors (Lipinski definition) is 2.